The first-order chi connectivity index (χ1) is 13.6. The van der Waals surface area contributed by atoms with Gasteiger partial charge in [-0.1, -0.05) is 30.7 Å². The molecule has 1 N–H and O–H groups in total. The number of nitrogens with one attached hydrogen (secondary N) is 1. The Kier molecular flexibility index (Phi) is 5.01. The number of anilines is 2. The van der Waals surface area contributed by atoms with Gasteiger partial charge in [-0.05, 0) is 50.1 Å². The van der Waals surface area contributed by atoms with Crippen LogP contribution in [0, 0.1) is 13.8 Å². The van der Waals surface area contributed by atoms with Gasteiger partial charge in [0.1, 0.15) is 11.6 Å². The standard InChI is InChI=1S/C22H22ClN5/c1-4-10-28-20-14(2)6-5-7-19(20)27-22(28)16-11-18(23)21(25-12-16)26-17-9-8-15(3)24-13-17/h5-9,11-13H,4,10H2,1-3H3,(H,25,26). The third-order valence-corrected chi connectivity index (χ3v) is 4.98. The van der Waals surface area contributed by atoms with Gasteiger partial charge >= 0.3 is 0 Å². The van der Waals surface area contributed by atoms with Crippen LogP contribution in [0.15, 0.2) is 48.8 Å². The van der Waals surface area contributed by atoms with E-state index in [1.54, 1.807) is 6.20 Å². The summed E-state index contributed by atoms with van der Waals surface area (Å²) < 4.78 is 2.26. The van der Waals surface area contributed by atoms with Crippen LogP contribution in [-0.2, 0) is 6.54 Å². The lowest BCUT2D eigenvalue weighted by molar-refractivity contribution is 0.703. The molecule has 0 fully saturated rings. The first-order valence-electron chi connectivity index (χ1n) is 9.38. The summed E-state index contributed by atoms with van der Waals surface area (Å²) in [6.45, 7) is 7.13. The Bertz CT molecular complexity index is 1130. The van der Waals surface area contributed by atoms with Crippen molar-refractivity contribution in [1.29, 1.82) is 0 Å². The molecule has 0 aliphatic heterocycles. The molecule has 0 atom stereocenters. The molecule has 0 saturated carbocycles. The van der Waals surface area contributed by atoms with Gasteiger partial charge in [0.15, 0.2) is 0 Å². The molecule has 0 aliphatic rings. The van der Waals surface area contributed by atoms with Gasteiger partial charge in [-0.15, -0.1) is 0 Å². The van der Waals surface area contributed by atoms with E-state index in [1.807, 2.05) is 43.5 Å². The topological polar surface area (TPSA) is 55.6 Å². The zero-order valence-electron chi connectivity index (χ0n) is 16.2. The largest absolute Gasteiger partial charge is 0.338 e. The Morgan fingerprint density at radius 1 is 1.07 bits per heavy atom. The van der Waals surface area contributed by atoms with E-state index in [2.05, 4.69) is 39.8 Å². The summed E-state index contributed by atoms with van der Waals surface area (Å²) in [5, 5.41) is 3.77. The number of hydrogen-bond donors (Lipinski definition) is 1. The molecule has 0 spiro atoms. The van der Waals surface area contributed by atoms with E-state index in [-0.39, 0.29) is 0 Å². The molecule has 28 heavy (non-hydrogen) atoms. The average molecular weight is 392 g/mol. The van der Waals surface area contributed by atoms with E-state index in [1.165, 1.54) is 11.1 Å². The van der Waals surface area contributed by atoms with Crippen molar-refractivity contribution in [2.24, 2.45) is 0 Å². The zero-order chi connectivity index (χ0) is 19.7. The van der Waals surface area contributed by atoms with Crippen LogP contribution in [0.2, 0.25) is 5.02 Å². The van der Waals surface area contributed by atoms with Crippen molar-refractivity contribution in [2.75, 3.05) is 5.32 Å². The summed E-state index contributed by atoms with van der Waals surface area (Å²) in [7, 11) is 0. The van der Waals surface area contributed by atoms with Gasteiger partial charge in [0.2, 0.25) is 0 Å². The summed E-state index contributed by atoms with van der Waals surface area (Å²) in [5.74, 6) is 1.49. The Hall–Kier alpha value is -2.92. The van der Waals surface area contributed by atoms with Gasteiger partial charge in [0, 0.05) is 24.0 Å². The lowest BCUT2D eigenvalue weighted by atomic mass is 10.2. The van der Waals surface area contributed by atoms with Gasteiger partial charge in [0.05, 0.1) is 27.9 Å². The molecule has 0 bridgehead atoms. The van der Waals surface area contributed by atoms with Crippen LogP contribution in [0.3, 0.4) is 0 Å². The first-order valence-corrected chi connectivity index (χ1v) is 9.76. The second kappa shape index (κ2) is 7.60. The molecule has 5 nitrogen and oxygen atoms in total. The number of benzene rings is 1. The molecular formula is C22H22ClN5. The maximum absolute atomic E-state index is 6.54. The quantitative estimate of drug-likeness (QED) is 0.459. The molecule has 1 aromatic carbocycles. The number of fused-ring (bicyclic) bond motifs is 1. The van der Waals surface area contributed by atoms with Crippen LogP contribution in [0.1, 0.15) is 24.6 Å². The summed E-state index contributed by atoms with van der Waals surface area (Å²) in [6.07, 6.45) is 4.61. The highest BCUT2D eigenvalue weighted by Gasteiger charge is 2.15. The highest BCUT2D eigenvalue weighted by atomic mass is 35.5. The third-order valence-electron chi connectivity index (χ3n) is 4.69. The molecule has 0 unspecified atom stereocenters. The highest BCUT2D eigenvalue weighted by Crippen LogP contribution is 2.31. The normalized spacial score (nSPS) is 11.1. The first kappa shape index (κ1) is 18.4. The number of aryl methyl sites for hydroxylation is 3. The SMILES string of the molecule is CCCn1c(-c2cnc(Nc3ccc(C)nc3)c(Cl)c2)nc2cccc(C)c21. The van der Waals surface area contributed by atoms with Crippen molar-refractivity contribution >= 4 is 34.1 Å². The number of halogens is 1. The number of rotatable bonds is 5. The van der Waals surface area contributed by atoms with Crippen LogP contribution in [-0.4, -0.2) is 19.5 Å². The Morgan fingerprint density at radius 3 is 2.64 bits per heavy atom. The van der Waals surface area contributed by atoms with Crippen LogP contribution in [0.5, 0.6) is 0 Å². The molecule has 4 rings (SSSR count). The van der Waals surface area contributed by atoms with Crippen LogP contribution in [0.25, 0.3) is 22.4 Å². The van der Waals surface area contributed by atoms with Crippen molar-refractivity contribution in [3.63, 3.8) is 0 Å². The highest BCUT2D eigenvalue weighted by molar-refractivity contribution is 6.33. The van der Waals surface area contributed by atoms with Gasteiger partial charge < -0.3 is 9.88 Å². The number of pyridine rings is 2. The van der Waals surface area contributed by atoms with Gasteiger partial charge in [-0.2, -0.15) is 0 Å². The number of para-hydroxylation sites is 1. The van der Waals surface area contributed by atoms with Crippen LogP contribution >= 0.6 is 11.6 Å². The third kappa shape index (κ3) is 3.45. The van der Waals surface area contributed by atoms with Gasteiger partial charge in [-0.25, -0.2) is 9.97 Å². The van der Waals surface area contributed by atoms with Crippen LogP contribution in [0.4, 0.5) is 11.5 Å². The summed E-state index contributed by atoms with van der Waals surface area (Å²) in [4.78, 5) is 13.7. The Balaban J connectivity index is 1.74. The maximum atomic E-state index is 6.54. The minimum atomic E-state index is 0.546. The van der Waals surface area contributed by atoms with E-state index < -0.39 is 0 Å². The Labute approximate surface area is 169 Å². The number of nitrogens with zero attached hydrogens (tertiary/aromatic N) is 4. The lowest BCUT2D eigenvalue weighted by Crippen LogP contribution is -2.02. The van der Waals surface area contributed by atoms with Gasteiger partial charge in [0.25, 0.3) is 0 Å². The molecule has 3 aromatic heterocycles. The lowest BCUT2D eigenvalue weighted by Gasteiger charge is -2.11. The fourth-order valence-corrected chi connectivity index (χ4v) is 3.57. The fraction of sp³-hybridized carbons (Fsp3) is 0.227. The second-order valence-corrected chi connectivity index (χ2v) is 7.30. The summed E-state index contributed by atoms with van der Waals surface area (Å²) >= 11 is 6.54. The minimum Gasteiger partial charge on any atom is -0.338 e. The molecule has 0 saturated heterocycles. The van der Waals surface area contributed by atoms with E-state index in [9.17, 15) is 0 Å². The van der Waals surface area contributed by atoms with Crippen molar-refractivity contribution in [3.05, 3.63) is 65.1 Å². The summed E-state index contributed by atoms with van der Waals surface area (Å²) in [6, 6.07) is 12.0. The molecule has 0 amide bonds. The average Bonchev–Trinajstić information content (AvgIpc) is 3.05. The fourth-order valence-electron chi connectivity index (χ4n) is 3.36. The predicted molar refractivity (Wildman–Crippen MR) is 115 cm³/mol. The van der Waals surface area contributed by atoms with E-state index in [0.717, 1.165) is 41.3 Å². The second-order valence-electron chi connectivity index (χ2n) is 6.90. The predicted octanol–water partition coefficient (Wildman–Crippen LogP) is 5.92. The van der Waals surface area contributed by atoms with E-state index in [0.29, 0.717) is 10.8 Å². The van der Waals surface area contributed by atoms with Crippen molar-refractivity contribution in [1.82, 2.24) is 19.5 Å². The Morgan fingerprint density at radius 2 is 1.93 bits per heavy atom. The van der Waals surface area contributed by atoms with E-state index >= 15 is 0 Å². The minimum absolute atomic E-state index is 0.546. The molecule has 0 radical (unpaired) electrons. The molecule has 6 heteroatoms. The van der Waals surface area contributed by atoms with Gasteiger partial charge in [-0.3, -0.25) is 4.98 Å². The van der Waals surface area contributed by atoms with Crippen molar-refractivity contribution in [2.45, 2.75) is 33.7 Å². The van der Waals surface area contributed by atoms with E-state index in [4.69, 9.17) is 16.6 Å². The number of aromatic nitrogens is 4. The molecule has 3 heterocycles. The number of hydrogen-bond acceptors (Lipinski definition) is 4. The summed E-state index contributed by atoms with van der Waals surface area (Å²) in [5.41, 5.74) is 6.10. The smallest absolute Gasteiger partial charge is 0.149 e. The van der Waals surface area contributed by atoms with Crippen LogP contribution < -0.4 is 5.32 Å². The van der Waals surface area contributed by atoms with Crippen molar-refractivity contribution in [3.8, 4) is 11.4 Å². The zero-order valence-corrected chi connectivity index (χ0v) is 17.0. The molecule has 0 aliphatic carbocycles. The molecule has 4 aromatic rings. The number of imidazole rings is 1. The molecule has 142 valence electrons. The maximum Gasteiger partial charge on any atom is 0.149 e. The van der Waals surface area contributed by atoms with Crippen molar-refractivity contribution < 1.29 is 0 Å². The monoisotopic (exact) mass is 391 g/mol. The molecular weight excluding hydrogens is 370 g/mol.